The number of amides is 2. The Kier molecular flexibility index (Phi) is 5.49. The lowest BCUT2D eigenvalue weighted by atomic mass is 10.1. The van der Waals surface area contributed by atoms with Crippen LogP contribution in [0.5, 0.6) is 0 Å². The number of nitrogens with one attached hydrogen (secondary N) is 1. The normalized spacial score (nSPS) is 14.9. The summed E-state index contributed by atoms with van der Waals surface area (Å²) in [5, 5.41) is 2.94. The van der Waals surface area contributed by atoms with Crippen molar-refractivity contribution in [3.05, 3.63) is 59.7 Å². The zero-order chi connectivity index (χ0) is 17.6. The van der Waals surface area contributed by atoms with Crippen LogP contribution in [0.2, 0.25) is 0 Å². The second-order valence-electron chi connectivity index (χ2n) is 6.57. The van der Waals surface area contributed by atoms with E-state index in [9.17, 15) is 9.59 Å². The van der Waals surface area contributed by atoms with Gasteiger partial charge in [-0.1, -0.05) is 36.8 Å². The van der Waals surface area contributed by atoms with E-state index in [2.05, 4.69) is 5.32 Å². The van der Waals surface area contributed by atoms with Gasteiger partial charge in [0.1, 0.15) is 0 Å². The van der Waals surface area contributed by atoms with Crippen LogP contribution >= 0.6 is 0 Å². The van der Waals surface area contributed by atoms with E-state index in [-0.39, 0.29) is 11.8 Å². The van der Waals surface area contributed by atoms with Gasteiger partial charge in [0.2, 0.25) is 11.8 Å². The van der Waals surface area contributed by atoms with Gasteiger partial charge < -0.3 is 10.2 Å². The lowest BCUT2D eigenvalue weighted by molar-refractivity contribution is -0.118. The molecule has 0 saturated carbocycles. The Balaban J connectivity index is 1.69. The predicted octanol–water partition coefficient (Wildman–Crippen LogP) is 4.08. The van der Waals surface area contributed by atoms with E-state index in [1.54, 1.807) is 0 Å². The van der Waals surface area contributed by atoms with Crippen LogP contribution in [0.15, 0.2) is 48.5 Å². The average molecular weight is 336 g/mol. The van der Waals surface area contributed by atoms with Gasteiger partial charge in [-0.05, 0) is 49.1 Å². The number of hydrogen-bond acceptors (Lipinski definition) is 2. The van der Waals surface area contributed by atoms with Crippen LogP contribution in [-0.4, -0.2) is 18.4 Å². The van der Waals surface area contributed by atoms with E-state index in [1.807, 2.05) is 60.4 Å². The Hall–Kier alpha value is -2.62. The molecule has 1 heterocycles. The SMILES string of the molecule is Cc1cc(NC(=O)Cc2ccccc2)ccc1N1CCCCCC1=O. The zero-order valence-electron chi connectivity index (χ0n) is 14.6. The van der Waals surface area contributed by atoms with Crippen molar-refractivity contribution in [3.8, 4) is 0 Å². The number of hydrogen-bond donors (Lipinski definition) is 1. The van der Waals surface area contributed by atoms with Crippen LogP contribution in [0.1, 0.15) is 36.8 Å². The number of aryl methyl sites for hydroxylation is 1. The molecule has 0 aliphatic carbocycles. The minimum Gasteiger partial charge on any atom is -0.326 e. The maximum Gasteiger partial charge on any atom is 0.228 e. The Morgan fingerprint density at radius 2 is 1.88 bits per heavy atom. The van der Waals surface area contributed by atoms with Gasteiger partial charge in [0, 0.05) is 24.3 Å². The van der Waals surface area contributed by atoms with E-state index >= 15 is 0 Å². The van der Waals surface area contributed by atoms with Crippen LogP contribution in [0.4, 0.5) is 11.4 Å². The average Bonchev–Trinajstić information content (AvgIpc) is 2.80. The summed E-state index contributed by atoms with van der Waals surface area (Å²) in [6, 6.07) is 15.4. The van der Waals surface area contributed by atoms with Gasteiger partial charge in [-0.2, -0.15) is 0 Å². The molecule has 2 amide bonds. The summed E-state index contributed by atoms with van der Waals surface area (Å²) in [5.74, 6) is 0.158. The summed E-state index contributed by atoms with van der Waals surface area (Å²) in [5.41, 5.74) is 3.72. The molecular formula is C21H24N2O2. The molecule has 4 nitrogen and oxygen atoms in total. The molecule has 1 aliphatic heterocycles. The summed E-state index contributed by atoms with van der Waals surface area (Å²) in [7, 11) is 0. The number of nitrogens with zero attached hydrogens (tertiary/aromatic N) is 1. The summed E-state index contributed by atoms with van der Waals surface area (Å²) >= 11 is 0. The van der Waals surface area contributed by atoms with Crippen molar-refractivity contribution in [1.29, 1.82) is 0 Å². The maximum absolute atomic E-state index is 12.3. The molecule has 130 valence electrons. The van der Waals surface area contributed by atoms with Crippen LogP contribution in [0.3, 0.4) is 0 Å². The van der Waals surface area contributed by atoms with Crippen molar-refractivity contribution in [1.82, 2.24) is 0 Å². The van der Waals surface area contributed by atoms with Gasteiger partial charge in [0.25, 0.3) is 0 Å². The third-order valence-electron chi connectivity index (χ3n) is 4.55. The lowest BCUT2D eigenvalue weighted by Gasteiger charge is -2.23. The topological polar surface area (TPSA) is 49.4 Å². The quantitative estimate of drug-likeness (QED) is 0.914. The van der Waals surface area contributed by atoms with Crippen molar-refractivity contribution >= 4 is 23.2 Å². The summed E-state index contributed by atoms with van der Waals surface area (Å²) in [6.07, 6.45) is 4.10. The first kappa shape index (κ1) is 17.2. The summed E-state index contributed by atoms with van der Waals surface area (Å²) in [4.78, 5) is 26.4. The largest absolute Gasteiger partial charge is 0.326 e. The van der Waals surface area contributed by atoms with Crippen molar-refractivity contribution in [2.75, 3.05) is 16.8 Å². The molecular weight excluding hydrogens is 312 g/mol. The lowest BCUT2D eigenvalue weighted by Crippen LogP contribution is -2.30. The first-order valence-electron chi connectivity index (χ1n) is 8.88. The smallest absolute Gasteiger partial charge is 0.228 e. The van der Waals surface area contributed by atoms with Crippen LogP contribution < -0.4 is 10.2 Å². The highest BCUT2D eigenvalue weighted by atomic mass is 16.2. The number of carbonyl (C=O) groups is 2. The Labute approximate surface area is 148 Å². The molecule has 0 bridgehead atoms. The van der Waals surface area contributed by atoms with Crippen molar-refractivity contribution in [3.63, 3.8) is 0 Å². The molecule has 0 unspecified atom stereocenters. The van der Waals surface area contributed by atoms with E-state index in [0.29, 0.717) is 12.8 Å². The molecule has 2 aromatic rings. The molecule has 1 fully saturated rings. The molecule has 0 atom stereocenters. The fourth-order valence-electron chi connectivity index (χ4n) is 3.26. The minimum atomic E-state index is -0.0378. The van der Waals surface area contributed by atoms with Crippen LogP contribution in [-0.2, 0) is 16.0 Å². The van der Waals surface area contributed by atoms with E-state index in [1.165, 1.54) is 0 Å². The molecule has 0 spiro atoms. The fraction of sp³-hybridized carbons (Fsp3) is 0.333. The number of benzene rings is 2. The number of anilines is 2. The van der Waals surface area contributed by atoms with Crippen LogP contribution in [0, 0.1) is 6.92 Å². The van der Waals surface area contributed by atoms with Gasteiger partial charge in [0.05, 0.1) is 6.42 Å². The first-order chi connectivity index (χ1) is 12.1. The molecule has 25 heavy (non-hydrogen) atoms. The van der Waals surface area contributed by atoms with Crippen molar-refractivity contribution < 1.29 is 9.59 Å². The Morgan fingerprint density at radius 3 is 2.64 bits per heavy atom. The first-order valence-corrected chi connectivity index (χ1v) is 8.88. The van der Waals surface area contributed by atoms with E-state index < -0.39 is 0 Å². The van der Waals surface area contributed by atoms with E-state index in [4.69, 9.17) is 0 Å². The van der Waals surface area contributed by atoms with Gasteiger partial charge >= 0.3 is 0 Å². The zero-order valence-corrected chi connectivity index (χ0v) is 14.6. The molecule has 2 aromatic carbocycles. The van der Waals surface area contributed by atoms with Crippen molar-refractivity contribution in [2.24, 2.45) is 0 Å². The second kappa shape index (κ2) is 7.97. The third kappa shape index (κ3) is 4.47. The minimum absolute atomic E-state index is 0.0378. The van der Waals surface area contributed by atoms with Crippen molar-refractivity contribution in [2.45, 2.75) is 39.0 Å². The predicted molar refractivity (Wildman–Crippen MR) is 101 cm³/mol. The molecule has 1 saturated heterocycles. The number of rotatable bonds is 4. The fourth-order valence-corrected chi connectivity index (χ4v) is 3.26. The molecule has 3 rings (SSSR count). The highest BCUT2D eigenvalue weighted by molar-refractivity contribution is 5.96. The summed E-state index contributed by atoms with van der Waals surface area (Å²) in [6.45, 7) is 2.76. The highest BCUT2D eigenvalue weighted by Crippen LogP contribution is 2.26. The Bertz CT molecular complexity index is 756. The molecule has 4 heteroatoms. The molecule has 1 N–H and O–H groups in total. The summed E-state index contributed by atoms with van der Waals surface area (Å²) < 4.78 is 0. The standard InChI is InChI=1S/C21H24N2O2/c1-16-14-18(22-20(24)15-17-8-4-2-5-9-17)11-12-19(16)23-13-7-3-6-10-21(23)25/h2,4-5,8-9,11-12,14H,3,6-7,10,13,15H2,1H3,(H,22,24). The van der Waals surface area contributed by atoms with Gasteiger partial charge in [-0.25, -0.2) is 0 Å². The number of carbonyl (C=O) groups excluding carboxylic acids is 2. The highest BCUT2D eigenvalue weighted by Gasteiger charge is 2.19. The second-order valence-corrected chi connectivity index (χ2v) is 6.57. The van der Waals surface area contributed by atoms with Gasteiger partial charge in [-0.15, -0.1) is 0 Å². The van der Waals surface area contributed by atoms with Gasteiger partial charge in [0.15, 0.2) is 0 Å². The third-order valence-corrected chi connectivity index (χ3v) is 4.55. The molecule has 0 aromatic heterocycles. The van der Waals surface area contributed by atoms with Gasteiger partial charge in [-0.3, -0.25) is 9.59 Å². The maximum atomic E-state index is 12.3. The van der Waals surface area contributed by atoms with E-state index in [0.717, 1.165) is 48.3 Å². The Morgan fingerprint density at radius 1 is 1.08 bits per heavy atom. The molecule has 1 aliphatic rings. The van der Waals surface area contributed by atoms with Crippen LogP contribution in [0.25, 0.3) is 0 Å². The molecule has 0 radical (unpaired) electrons. The monoisotopic (exact) mass is 336 g/mol.